The molecule has 0 bridgehead atoms. The van der Waals surface area contributed by atoms with Crippen molar-refractivity contribution in [3.05, 3.63) is 0 Å². The molecular formula is C15H29ClN2O4. The highest BCUT2D eigenvalue weighted by molar-refractivity contribution is 5.85. The molecular weight excluding hydrogens is 308 g/mol. The third kappa shape index (κ3) is 6.10. The van der Waals surface area contributed by atoms with Crippen molar-refractivity contribution in [1.82, 2.24) is 10.6 Å². The fraction of sp³-hybridized carbons (Fsp3) is 0.867. The molecule has 1 aliphatic rings. The predicted octanol–water partition coefficient (Wildman–Crippen LogP) is 1.13. The Morgan fingerprint density at radius 1 is 1.23 bits per heavy atom. The van der Waals surface area contributed by atoms with E-state index in [1.165, 1.54) is 0 Å². The standard InChI is InChI=1S/C15H28N2O4.ClH/c1-11(2)21-13(18)12(3)9-17-14(19)15(10-20-4)5-7-16-8-6-15;/h11-12,16H,5-10H2,1-4H3,(H,17,19);1H. The minimum Gasteiger partial charge on any atom is -0.463 e. The second kappa shape index (κ2) is 10.0. The third-order valence-corrected chi connectivity index (χ3v) is 3.79. The zero-order chi connectivity index (χ0) is 15.9. The first-order valence-electron chi connectivity index (χ1n) is 7.60. The van der Waals surface area contributed by atoms with E-state index in [1.807, 2.05) is 13.8 Å². The van der Waals surface area contributed by atoms with Crippen molar-refractivity contribution in [2.45, 2.75) is 39.7 Å². The zero-order valence-electron chi connectivity index (χ0n) is 13.9. The van der Waals surface area contributed by atoms with Crippen LogP contribution in [0.4, 0.5) is 0 Å². The topological polar surface area (TPSA) is 76.7 Å². The summed E-state index contributed by atoms with van der Waals surface area (Å²) < 4.78 is 10.4. The number of nitrogens with one attached hydrogen (secondary N) is 2. The molecule has 1 fully saturated rings. The van der Waals surface area contributed by atoms with Gasteiger partial charge in [0.1, 0.15) is 0 Å². The average molecular weight is 337 g/mol. The van der Waals surface area contributed by atoms with Crippen LogP contribution in [0.1, 0.15) is 33.6 Å². The Bertz CT molecular complexity index is 352. The third-order valence-electron chi connectivity index (χ3n) is 3.79. The monoisotopic (exact) mass is 336 g/mol. The van der Waals surface area contributed by atoms with E-state index in [1.54, 1.807) is 14.0 Å². The lowest BCUT2D eigenvalue weighted by Crippen LogP contribution is -2.51. The van der Waals surface area contributed by atoms with Gasteiger partial charge in [-0.2, -0.15) is 0 Å². The fourth-order valence-electron chi connectivity index (χ4n) is 2.48. The van der Waals surface area contributed by atoms with Gasteiger partial charge in [-0.3, -0.25) is 9.59 Å². The van der Waals surface area contributed by atoms with Crippen LogP contribution >= 0.6 is 12.4 Å². The SMILES string of the molecule is COCC1(C(=O)NCC(C)C(=O)OC(C)C)CCNCC1.Cl. The van der Waals surface area contributed by atoms with Crippen LogP contribution in [0.3, 0.4) is 0 Å². The van der Waals surface area contributed by atoms with Gasteiger partial charge in [-0.15, -0.1) is 12.4 Å². The number of carbonyl (C=O) groups is 2. The molecule has 1 unspecified atom stereocenters. The zero-order valence-corrected chi connectivity index (χ0v) is 14.8. The van der Waals surface area contributed by atoms with Crippen LogP contribution in [-0.4, -0.2) is 51.3 Å². The molecule has 0 radical (unpaired) electrons. The highest BCUT2D eigenvalue weighted by atomic mass is 35.5. The molecule has 2 N–H and O–H groups in total. The van der Waals surface area contributed by atoms with Gasteiger partial charge in [0.25, 0.3) is 0 Å². The molecule has 1 amide bonds. The Morgan fingerprint density at radius 2 is 1.82 bits per heavy atom. The van der Waals surface area contributed by atoms with Gasteiger partial charge in [0.15, 0.2) is 0 Å². The number of amides is 1. The summed E-state index contributed by atoms with van der Waals surface area (Å²) in [7, 11) is 1.61. The quantitative estimate of drug-likeness (QED) is 0.681. The van der Waals surface area contributed by atoms with Crippen LogP contribution in [0, 0.1) is 11.3 Å². The van der Waals surface area contributed by atoms with Crippen molar-refractivity contribution >= 4 is 24.3 Å². The summed E-state index contributed by atoms with van der Waals surface area (Å²) in [4.78, 5) is 24.2. The molecule has 1 saturated heterocycles. The van der Waals surface area contributed by atoms with Crippen LogP contribution < -0.4 is 10.6 Å². The summed E-state index contributed by atoms with van der Waals surface area (Å²) in [6, 6.07) is 0. The van der Waals surface area contributed by atoms with Gasteiger partial charge in [0, 0.05) is 13.7 Å². The van der Waals surface area contributed by atoms with Crippen LogP contribution in [0.2, 0.25) is 0 Å². The van der Waals surface area contributed by atoms with E-state index in [0.29, 0.717) is 13.2 Å². The van der Waals surface area contributed by atoms with E-state index < -0.39 is 5.41 Å². The lowest BCUT2D eigenvalue weighted by Gasteiger charge is -2.35. The Hall–Kier alpha value is -0.850. The summed E-state index contributed by atoms with van der Waals surface area (Å²) in [6.45, 7) is 7.70. The van der Waals surface area contributed by atoms with Crippen LogP contribution in [-0.2, 0) is 19.1 Å². The van der Waals surface area contributed by atoms with E-state index in [4.69, 9.17) is 9.47 Å². The maximum atomic E-state index is 12.5. The lowest BCUT2D eigenvalue weighted by molar-refractivity contribution is -0.151. The number of hydrogen-bond acceptors (Lipinski definition) is 5. The van der Waals surface area contributed by atoms with Gasteiger partial charge in [-0.05, 0) is 39.8 Å². The number of halogens is 1. The van der Waals surface area contributed by atoms with Gasteiger partial charge in [0.05, 0.1) is 24.0 Å². The van der Waals surface area contributed by atoms with Crippen molar-refractivity contribution in [2.75, 3.05) is 33.4 Å². The minimum absolute atomic E-state index is 0. The summed E-state index contributed by atoms with van der Waals surface area (Å²) >= 11 is 0. The maximum absolute atomic E-state index is 12.5. The minimum atomic E-state index is -0.484. The largest absolute Gasteiger partial charge is 0.463 e. The Balaban J connectivity index is 0.00000441. The van der Waals surface area contributed by atoms with Gasteiger partial charge in [-0.1, -0.05) is 6.92 Å². The Kier molecular flexibility index (Phi) is 9.64. The Morgan fingerprint density at radius 3 is 2.32 bits per heavy atom. The predicted molar refractivity (Wildman–Crippen MR) is 87.1 cm³/mol. The summed E-state index contributed by atoms with van der Waals surface area (Å²) in [6.07, 6.45) is 1.36. The normalized spacial score (nSPS) is 18.2. The van der Waals surface area contributed by atoms with Crippen LogP contribution in [0.5, 0.6) is 0 Å². The molecule has 7 heteroatoms. The van der Waals surface area contributed by atoms with E-state index >= 15 is 0 Å². The fourth-order valence-corrected chi connectivity index (χ4v) is 2.48. The number of carbonyl (C=O) groups excluding carboxylic acids is 2. The molecule has 0 aromatic rings. The molecule has 1 rings (SSSR count). The first-order valence-corrected chi connectivity index (χ1v) is 7.60. The highest BCUT2D eigenvalue weighted by Gasteiger charge is 2.39. The van der Waals surface area contributed by atoms with Gasteiger partial charge < -0.3 is 20.1 Å². The number of hydrogen-bond donors (Lipinski definition) is 2. The summed E-state index contributed by atoms with van der Waals surface area (Å²) in [5.74, 6) is -0.663. The van der Waals surface area contributed by atoms with E-state index in [9.17, 15) is 9.59 Å². The van der Waals surface area contributed by atoms with E-state index in [2.05, 4.69) is 10.6 Å². The number of esters is 1. The molecule has 1 heterocycles. The number of piperidine rings is 1. The van der Waals surface area contributed by atoms with Crippen LogP contribution in [0.15, 0.2) is 0 Å². The van der Waals surface area contributed by atoms with Gasteiger partial charge in [0.2, 0.25) is 5.91 Å². The van der Waals surface area contributed by atoms with Crippen molar-refractivity contribution in [3.63, 3.8) is 0 Å². The van der Waals surface area contributed by atoms with Crippen molar-refractivity contribution in [1.29, 1.82) is 0 Å². The van der Waals surface area contributed by atoms with Crippen molar-refractivity contribution < 1.29 is 19.1 Å². The van der Waals surface area contributed by atoms with E-state index in [-0.39, 0.29) is 36.3 Å². The second-order valence-electron chi connectivity index (χ2n) is 6.06. The molecule has 130 valence electrons. The molecule has 0 spiro atoms. The number of methoxy groups -OCH3 is 1. The van der Waals surface area contributed by atoms with Crippen LogP contribution in [0.25, 0.3) is 0 Å². The second-order valence-corrected chi connectivity index (χ2v) is 6.06. The first-order chi connectivity index (χ1) is 9.91. The highest BCUT2D eigenvalue weighted by Crippen LogP contribution is 2.29. The molecule has 0 aromatic carbocycles. The molecule has 1 aliphatic heterocycles. The Labute approximate surface area is 139 Å². The summed E-state index contributed by atoms with van der Waals surface area (Å²) in [5.41, 5.74) is -0.484. The molecule has 0 aromatic heterocycles. The van der Waals surface area contributed by atoms with Gasteiger partial charge >= 0.3 is 5.97 Å². The lowest BCUT2D eigenvalue weighted by atomic mass is 9.78. The number of ether oxygens (including phenoxy) is 2. The first kappa shape index (κ1) is 21.1. The van der Waals surface area contributed by atoms with Crippen molar-refractivity contribution in [2.24, 2.45) is 11.3 Å². The maximum Gasteiger partial charge on any atom is 0.310 e. The number of rotatable bonds is 7. The summed E-state index contributed by atoms with van der Waals surface area (Å²) in [5, 5.41) is 6.13. The molecule has 0 aliphatic carbocycles. The average Bonchev–Trinajstić information content (AvgIpc) is 2.44. The smallest absolute Gasteiger partial charge is 0.310 e. The van der Waals surface area contributed by atoms with E-state index in [0.717, 1.165) is 25.9 Å². The van der Waals surface area contributed by atoms with Gasteiger partial charge in [-0.25, -0.2) is 0 Å². The molecule has 0 saturated carbocycles. The molecule has 22 heavy (non-hydrogen) atoms. The van der Waals surface area contributed by atoms with Crippen molar-refractivity contribution in [3.8, 4) is 0 Å². The molecule has 6 nitrogen and oxygen atoms in total. The molecule has 1 atom stereocenters.